The highest BCUT2D eigenvalue weighted by Gasteiger charge is 2.24. The van der Waals surface area contributed by atoms with Crippen molar-refractivity contribution >= 4 is 55.8 Å². The summed E-state index contributed by atoms with van der Waals surface area (Å²) in [7, 11) is 0. The fraction of sp³-hybridized carbons (Fsp3) is 0.0800. The third-order valence-electron chi connectivity index (χ3n) is 4.57. The van der Waals surface area contributed by atoms with E-state index in [1.54, 1.807) is 60.7 Å². The minimum absolute atomic E-state index is 0.162. The lowest BCUT2D eigenvalue weighted by Gasteiger charge is -2.11. The third kappa shape index (κ3) is 5.58. The lowest BCUT2D eigenvalue weighted by Crippen LogP contribution is -2.09. The van der Waals surface area contributed by atoms with E-state index in [-0.39, 0.29) is 17.3 Å². The van der Waals surface area contributed by atoms with Gasteiger partial charge < -0.3 is 14.2 Å². The number of cyclic esters (lactones) is 1. The molecule has 1 aliphatic heterocycles. The van der Waals surface area contributed by atoms with Crippen LogP contribution in [0.1, 0.15) is 28.4 Å². The van der Waals surface area contributed by atoms with E-state index in [1.807, 2.05) is 19.1 Å². The Kier molecular flexibility index (Phi) is 7.05. The normalized spacial score (nSPS) is 14.1. The number of ether oxygens (including phenoxy) is 3. The van der Waals surface area contributed by atoms with Gasteiger partial charge in [-0.25, -0.2) is 14.6 Å². The van der Waals surface area contributed by atoms with Gasteiger partial charge in [0.15, 0.2) is 17.2 Å². The van der Waals surface area contributed by atoms with Crippen molar-refractivity contribution in [2.45, 2.75) is 6.92 Å². The van der Waals surface area contributed by atoms with E-state index in [9.17, 15) is 9.59 Å². The lowest BCUT2D eigenvalue weighted by atomic mass is 10.1. The number of esters is 2. The van der Waals surface area contributed by atoms with Crippen LogP contribution in [0.25, 0.3) is 6.08 Å². The quantitative estimate of drug-likeness (QED) is 0.201. The molecule has 0 unspecified atom stereocenters. The Hall–Kier alpha value is -3.23. The van der Waals surface area contributed by atoms with Crippen LogP contribution in [-0.4, -0.2) is 24.4 Å². The molecule has 4 rings (SSSR count). The van der Waals surface area contributed by atoms with Crippen LogP contribution in [-0.2, 0) is 9.53 Å². The molecule has 0 aliphatic carbocycles. The molecule has 166 valence electrons. The van der Waals surface area contributed by atoms with Gasteiger partial charge in [-0.05, 0) is 79.2 Å². The van der Waals surface area contributed by atoms with Crippen molar-refractivity contribution in [3.8, 4) is 11.5 Å². The van der Waals surface area contributed by atoms with E-state index in [0.29, 0.717) is 29.0 Å². The topological polar surface area (TPSA) is 74.2 Å². The number of benzene rings is 3. The first-order chi connectivity index (χ1) is 15.9. The highest BCUT2D eigenvalue weighted by Crippen LogP contribution is 2.31. The van der Waals surface area contributed by atoms with Crippen LogP contribution in [0.4, 0.5) is 0 Å². The second-order valence-corrected chi connectivity index (χ2v) is 8.71. The third-order valence-corrected chi connectivity index (χ3v) is 5.62. The van der Waals surface area contributed by atoms with Gasteiger partial charge in [-0.2, -0.15) is 0 Å². The second kappa shape index (κ2) is 10.1. The second-order valence-electron chi connectivity index (χ2n) is 6.88. The van der Waals surface area contributed by atoms with Gasteiger partial charge in [-0.15, -0.1) is 0 Å². The molecule has 33 heavy (non-hydrogen) atoms. The molecule has 0 saturated heterocycles. The van der Waals surface area contributed by atoms with Crippen LogP contribution in [0.2, 0.25) is 0 Å². The van der Waals surface area contributed by atoms with Crippen LogP contribution >= 0.6 is 31.9 Å². The van der Waals surface area contributed by atoms with Crippen molar-refractivity contribution in [1.82, 2.24) is 0 Å². The first-order valence-corrected chi connectivity index (χ1v) is 11.5. The van der Waals surface area contributed by atoms with Gasteiger partial charge in [0.1, 0.15) is 0 Å². The summed E-state index contributed by atoms with van der Waals surface area (Å²) in [5.41, 5.74) is 1.92. The van der Waals surface area contributed by atoms with Crippen LogP contribution in [0.15, 0.2) is 86.4 Å². The number of carbonyl (C=O) groups is 2. The summed E-state index contributed by atoms with van der Waals surface area (Å²) < 4.78 is 18.3. The lowest BCUT2D eigenvalue weighted by molar-refractivity contribution is -0.129. The van der Waals surface area contributed by atoms with Gasteiger partial charge in [0.25, 0.3) is 0 Å². The van der Waals surface area contributed by atoms with Crippen molar-refractivity contribution < 1.29 is 23.8 Å². The molecule has 0 aromatic heterocycles. The maximum Gasteiger partial charge on any atom is 0.363 e. The Morgan fingerprint density at radius 3 is 2.30 bits per heavy atom. The van der Waals surface area contributed by atoms with Crippen LogP contribution < -0.4 is 9.47 Å². The predicted molar refractivity (Wildman–Crippen MR) is 131 cm³/mol. The standard InChI is InChI=1S/C25H17Br2NO5/c1-2-31-22-14-15(3-12-21(22)32-24(29)17-6-10-19(27)11-7-17)13-20-25(30)33-23(28-20)16-4-8-18(26)9-5-16/h3-14H,2H2,1H3/b20-13+. The maximum absolute atomic E-state index is 12.5. The molecule has 3 aromatic rings. The zero-order chi connectivity index (χ0) is 23.4. The van der Waals surface area contributed by atoms with Crippen molar-refractivity contribution in [1.29, 1.82) is 0 Å². The summed E-state index contributed by atoms with van der Waals surface area (Å²) in [6.45, 7) is 2.20. The summed E-state index contributed by atoms with van der Waals surface area (Å²) >= 11 is 6.71. The number of halogens is 2. The number of hydrogen-bond donors (Lipinski definition) is 0. The van der Waals surface area contributed by atoms with E-state index >= 15 is 0 Å². The molecule has 1 heterocycles. The zero-order valence-corrected chi connectivity index (χ0v) is 20.6. The fourth-order valence-electron chi connectivity index (χ4n) is 2.99. The molecule has 0 saturated carbocycles. The number of nitrogens with zero attached hydrogens (tertiary/aromatic N) is 1. The fourth-order valence-corrected chi connectivity index (χ4v) is 3.52. The minimum Gasteiger partial charge on any atom is -0.490 e. The molecule has 0 amide bonds. The molecule has 0 bridgehead atoms. The summed E-state index contributed by atoms with van der Waals surface area (Å²) in [4.78, 5) is 29.1. The van der Waals surface area contributed by atoms with Gasteiger partial charge >= 0.3 is 11.9 Å². The summed E-state index contributed by atoms with van der Waals surface area (Å²) in [6.07, 6.45) is 1.59. The van der Waals surface area contributed by atoms with Crippen molar-refractivity contribution in [2.24, 2.45) is 4.99 Å². The molecular weight excluding hydrogens is 554 g/mol. The molecule has 0 N–H and O–H groups in total. The van der Waals surface area contributed by atoms with E-state index in [4.69, 9.17) is 14.2 Å². The van der Waals surface area contributed by atoms with Gasteiger partial charge in [-0.1, -0.05) is 37.9 Å². The first kappa shape index (κ1) is 22.9. The molecule has 6 nitrogen and oxygen atoms in total. The summed E-state index contributed by atoms with van der Waals surface area (Å²) in [6, 6.07) is 19.2. The molecule has 1 aliphatic rings. The highest BCUT2D eigenvalue weighted by molar-refractivity contribution is 9.10. The molecule has 0 radical (unpaired) electrons. The van der Waals surface area contributed by atoms with E-state index < -0.39 is 11.9 Å². The van der Waals surface area contributed by atoms with E-state index in [0.717, 1.165) is 8.95 Å². The molecule has 0 spiro atoms. The minimum atomic E-state index is -0.545. The zero-order valence-electron chi connectivity index (χ0n) is 17.4. The van der Waals surface area contributed by atoms with E-state index in [1.165, 1.54) is 0 Å². The van der Waals surface area contributed by atoms with Crippen molar-refractivity contribution in [3.05, 3.63) is 98.1 Å². The Bertz CT molecular complexity index is 1260. The first-order valence-electron chi connectivity index (χ1n) is 9.96. The molecule has 0 fully saturated rings. The molecular formula is C25H17Br2NO5. The van der Waals surface area contributed by atoms with Gasteiger partial charge in [-0.3, -0.25) is 0 Å². The van der Waals surface area contributed by atoms with Crippen molar-refractivity contribution in [3.63, 3.8) is 0 Å². The van der Waals surface area contributed by atoms with Gasteiger partial charge in [0.2, 0.25) is 5.90 Å². The number of aliphatic imine (C=N–C) groups is 1. The average Bonchev–Trinajstić information content (AvgIpc) is 3.16. The largest absolute Gasteiger partial charge is 0.490 e. The Morgan fingerprint density at radius 1 is 0.970 bits per heavy atom. The van der Waals surface area contributed by atoms with Crippen molar-refractivity contribution in [2.75, 3.05) is 6.61 Å². The molecule has 8 heteroatoms. The number of carbonyl (C=O) groups excluding carboxylic acids is 2. The smallest absolute Gasteiger partial charge is 0.363 e. The molecule has 0 atom stereocenters. The Balaban J connectivity index is 1.58. The van der Waals surface area contributed by atoms with E-state index in [2.05, 4.69) is 36.9 Å². The molecule has 3 aromatic carbocycles. The number of hydrogen-bond acceptors (Lipinski definition) is 6. The Labute approximate surface area is 207 Å². The average molecular weight is 571 g/mol. The SMILES string of the molecule is CCOc1cc(/C=C2/N=C(c3ccc(Br)cc3)OC2=O)ccc1OC(=O)c1ccc(Br)cc1. The highest BCUT2D eigenvalue weighted by atomic mass is 79.9. The van der Waals surface area contributed by atoms with Gasteiger partial charge in [0.05, 0.1) is 12.2 Å². The Morgan fingerprint density at radius 2 is 1.64 bits per heavy atom. The van der Waals surface area contributed by atoms with Crippen LogP contribution in [0.3, 0.4) is 0 Å². The van der Waals surface area contributed by atoms with Crippen LogP contribution in [0, 0.1) is 0 Å². The predicted octanol–water partition coefficient (Wildman–Crippen LogP) is 6.17. The monoisotopic (exact) mass is 569 g/mol. The maximum atomic E-state index is 12.5. The van der Waals surface area contributed by atoms with Gasteiger partial charge in [0, 0.05) is 14.5 Å². The number of rotatable bonds is 6. The summed E-state index contributed by atoms with van der Waals surface area (Å²) in [5.74, 6) is -0.154. The van der Waals surface area contributed by atoms with Crippen LogP contribution in [0.5, 0.6) is 11.5 Å². The summed E-state index contributed by atoms with van der Waals surface area (Å²) in [5, 5.41) is 0.